The van der Waals surface area contributed by atoms with Crippen molar-refractivity contribution in [3.8, 4) is 0 Å². The fourth-order valence-corrected chi connectivity index (χ4v) is 2.00. The van der Waals surface area contributed by atoms with E-state index in [-0.39, 0.29) is 18.7 Å². The molecule has 0 atom stereocenters. The number of aliphatic carboxylic acids is 1. The van der Waals surface area contributed by atoms with E-state index in [1.807, 2.05) is 0 Å². The highest BCUT2D eigenvalue weighted by atomic mass is 35.5. The Balaban J connectivity index is 2.72. The number of unbranched alkanes of at least 4 members (excludes halogenated alkanes) is 1. The summed E-state index contributed by atoms with van der Waals surface area (Å²) in [7, 11) is 0. The molecule has 108 valence electrons. The van der Waals surface area contributed by atoms with Crippen molar-refractivity contribution in [3.63, 3.8) is 0 Å². The highest BCUT2D eigenvalue weighted by Gasteiger charge is 2.21. The molecular weight excluding hydrogens is 282 g/mol. The van der Waals surface area contributed by atoms with Gasteiger partial charge in [-0.05, 0) is 25.0 Å². The van der Waals surface area contributed by atoms with Crippen LogP contribution in [0.3, 0.4) is 0 Å². The van der Waals surface area contributed by atoms with Crippen LogP contribution in [0.4, 0.5) is 5.69 Å². The number of hydrogen-bond donors (Lipinski definition) is 1. The molecule has 5 nitrogen and oxygen atoms in total. The first-order chi connectivity index (χ1) is 9.43. The average Bonchev–Trinajstić information content (AvgIpc) is 2.36. The molecule has 1 aromatic carbocycles. The van der Waals surface area contributed by atoms with Gasteiger partial charge in [-0.25, -0.2) is 4.90 Å². The topological polar surface area (TPSA) is 74.7 Å². The SMILES string of the molecule is CC(=O)N(C(=O)CCCCC(=O)O)c1ccccc1Cl. The molecule has 20 heavy (non-hydrogen) atoms. The summed E-state index contributed by atoms with van der Waals surface area (Å²) in [5.41, 5.74) is 0.352. The molecule has 0 saturated heterocycles. The molecule has 0 aliphatic rings. The van der Waals surface area contributed by atoms with E-state index in [0.717, 1.165) is 4.90 Å². The molecule has 0 fully saturated rings. The molecule has 2 amide bonds. The smallest absolute Gasteiger partial charge is 0.303 e. The summed E-state index contributed by atoms with van der Waals surface area (Å²) in [6.07, 6.45) is 0.937. The summed E-state index contributed by atoms with van der Waals surface area (Å²) in [5, 5.41) is 8.84. The van der Waals surface area contributed by atoms with Crippen molar-refractivity contribution in [1.29, 1.82) is 0 Å². The van der Waals surface area contributed by atoms with Crippen LogP contribution >= 0.6 is 11.6 Å². The molecule has 0 aliphatic carbocycles. The highest BCUT2D eigenvalue weighted by molar-refractivity contribution is 6.35. The molecule has 0 radical (unpaired) electrons. The van der Waals surface area contributed by atoms with E-state index in [0.29, 0.717) is 23.6 Å². The van der Waals surface area contributed by atoms with Crippen molar-refractivity contribution < 1.29 is 19.5 Å². The van der Waals surface area contributed by atoms with Crippen molar-refractivity contribution in [2.24, 2.45) is 0 Å². The predicted molar refractivity (Wildman–Crippen MR) is 75.7 cm³/mol. The molecular formula is C14H16ClNO4. The number of halogens is 1. The Labute approximate surface area is 122 Å². The quantitative estimate of drug-likeness (QED) is 0.819. The number of rotatable bonds is 6. The zero-order valence-electron chi connectivity index (χ0n) is 11.1. The van der Waals surface area contributed by atoms with E-state index in [2.05, 4.69) is 0 Å². The molecule has 0 spiro atoms. The van der Waals surface area contributed by atoms with Gasteiger partial charge in [-0.2, -0.15) is 0 Å². The Hall–Kier alpha value is -1.88. The maximum absolute atomic E-state index is 12.1. The van der Waals surface area contributed by atoms with E-state index in [4.69, 9.17) is 16.7 Å². The standard InChI is InChI=1S/C14H16ClNO4/c1-10(17)16(12-7-3-2-6-11(12)15)13(18)8-4-5-9-14(19)20/h2-3,6-7H,4-5,8-9H2,1H3,(H,19,20). The van der Waals surface area contributed by atoms with Crippen LogP contribution in [0.25, 0.3) is 0 Å². The minimum Gasteiger partial charge on any atom is -0.481 e. The van der Waals surface area contributed by atoms with Crippen molar-refractivity contribution in [1.82, 2.24) is 0 Å². The minimum atomic E-state index is -0.896. The Bertz CT molecular complexity index is 516. The third kappa shape index (κ3) is 4.66. The first kappa shape index (κ1) is 16.2. The van der Waals surface area contributed by atoms with Gasteiger partial charge in [0.15, 0.2) is 0 Å². The second kappa shape index (κ2) is 7.65. The molecule has 0 aromatic heterocycles. The number of carboxylic acid groups (broad SMARTS) is 1. The van der Waals surface area contributed by atoms with Gasteiger partial charge in [-0.3, -0.25) is 14.4 Å². The number of carbonyl (C=O) groups excluding carboxylic acids is 2. The maximum Gasteiger partial charge on any atom is 0.303 e. The molecule has 1 rings (SSSR count). The van der Waals surface area contributed by atoms with E-state index in [1.165, 1.54) is 6.92 Å². The fraction of sp³-hybridized carbons (Fsp3) is 0.357. The lowest BCUT2D eigenvalue weighted by molar-refractivity contribution is -0.137. The van der Waals surface area contributed by atoms with Gasteiger partial charge in [-0.1, -0.05) is 23.7 Å². The Morgan fingerprint density at radius 1 is 1.15 bits per heavy atom. The van der Waals surface area contributed by atoms with Gasteiger partial charge in [-0.15, -0.1) is 0 Å². The summed E-state index contributed by atoms with van der Waals surface area (Å²) >= 11 is 5.99. The monoisotopic (exact) mass is 297 g/mol. The highest BCUT2D eigenvalue weighted by Crippen LogP contribution is 2.26. The molecule has 1 N–H and O–H groups in total. The van der Waals surface area contributed by atoms with E-state index >= 15 is 0 Å². The first-order valence-electron chi connectivity index (χ1n) is 6.23. The second-order valence-electron chi connectivity index (χ2n) is 4.30. The van der Waals surface area contributed by atoms with Crippen LogP contribution in [0.5, 0.6) is 0 Å². The largest absolute Gasteiger partial charge is 0.481 e. The summed E-state index contributed by atoms with van der Waals surface area (Å²) in [4.78, 5) is 35.1. The lowest BCUT2D eigenvalue weighted by atomic mass is 10.1. The third-order valence-electron chi connectivity index (χ3n) is 2.69. The van der Waals surface area contributed by atoms with Crippen LogP contribution in [0, 0.1) is 0 Å². The summed E-state index contributed by atoms with van der Waals surface area (Å²) in [6.45, 7) is 1.29. The van der Waals surface area contributed by atoms with Crippen molar-refractivity contribution >= 4 is 35.1 Å². The number of hydrogen-bond acceptors (Lipinski definition) is 3. The fourth-order valence-electron chi connectivity index (χ4n) is 1.78. The van der Waals surface area contributed by atoms with Gasteiger partial charge >= 0.3 is 5.97 Å². The number of amides is 2. The third-order valence-corrected chi connectivity index (χ3v) is 3.01. The number of carboxylic acids is 1. The normalized spacial score (nSPS) is 10.1. The number of nitrogens with zero attached hydrogens (tertiary/aromatic N) is 1. The summed E-state index contributed by atoms with van der Waals surface area (Å²) < 4.78 is 0. The average molecular weight is 298 g/mol. The first-order valence-corrected chi connectivity index (χ1v) is 6.61. The van der Waals surface area contributed by atoms with Gasteiger partial charge in [0, 0.05) is 19.8 Å². The second-order valence-corrected chi connectivity index (χ2v) is 4.71. The lowest BCUT2D eigenvalue weighted by Gasteiger charge is -2.20. The lowest BCUT2D eigenvalue weighted by Crippen LogP contribution is -2.35. The molecule has 0 bridgehead atoms. The van der Waals surface area contributed by atoms with Crippen molar-refractivity contribution in [3.05, 3.63) is 29.3 Å². The minimum absolute atomic E-state index is 0.0133. The Morgan fingerprint density at radius 3 is 2.30 bits per heavy atom. The number of benzene rings is 1. The molecule has 0 heterocycles. The van der Waals surface area contributed by atoms with E-state index < -0.39 is 11.9 Å². The van der Waals surface area contributed by atoms with Crippen LogP contribution in [-0.2, 0) is 14.4 Å². The number of imide groups is 1. The maximum atomic E-state index is 12.1. The number of para-hydroxylation sites is 1. The van der Waals surface area contributed by atoms with Gasteiger partial charge in [0.2, 0.25) is 11.8 Å². The Morgan fingerprint density at radius 2 is 1.75 bits per heavy atom. The summed E-state index contributed by atoms with van der Waals surface area (Å²) in [5.74, 6) is -1.69. The van der Waals surface area contributed by atoms with Gasteiger partial charge in [0.25, 0.3) is 0 Å². The van der Waals surface area contributed by atoms with Gasteiger partial charge in [0.1, 0.15) is 0 Å². The van der Waals surface area contributed by atoms with Crippen LogP contribution in [0.2, 0.25) is 5.02 Å². The van der Waals surface area contributed by atoms with Crippen molar-refractivity contribution in [2.75, 3.05) is 4.90 Å². The summed E-state index contributed by atoms with van der Waals surface area (Å²) in [6, 6.07) is 6.60. The number of carbonyl (C=O) groups is 3. The van der Waals surface area contributed by atoms with Gasteiger partial charge in [0.05, 0.1) is 10.7 Å². The van der Waals surface area contributed by atoms with Crippen LogP contribution in [0.15, 0.2) is 24.3 Å². The molecule has 0 saturated carbocycles. The van der Waals surface area contributed by atoms with Crippen molar-refractivity contribution in [2.45, 2.75) is 32.6 Å². The predicted octanol–water partition coefficient (Wildman–Crippen LogP) is 2.86. The van der Waals surface area contributed by atoms with Crippen LogP contribution in [-0.4, -0.2) is 22.9 Å². The molecule has 0 unspecified atom stereocenters. The molecule has 6 heteroatoms. The zero-order chi connectivity index (χ0) is 15.1. The van der Waals surface area contributed by atoms with Crippen LogP contribution in [0.1, 0.15) is 32.6 Å². The number of anilines is 1. The van der Waals surface area contributed by atoms with E-state index in [9.17, 15) is 14.4 Å². The molecule has 0 aliphatic heterocycles. The van der Waals surface area contributed by atoms with E-state index in [1.54, 1.807) is 24.3 Å². The van der Waals surface area contributed by atoms with Gasteiger partial charge < -0.3 is 5.11 Å². The zero-order valence-corrected chi connectivity index (χ0v) is 11.9. The molecule has 1 aromatic rings. The van der Waals surface area contributed by atoms with Crippen LogP contribution < -0.4 is 4.90 Å². The Kier molecular flexibility index (Phi) is 6.18.